The molecular weight excluding hydrogens is 474 g/mol. The van der Waals surface area contributed by atoms with Gasteiger partial charge in [-0.25, -0.2) is 0 Å². The predicted octanol–water partition coefficient (Wildman–Crippen LogP) is 6.11. The Morgan fingerprint density at radius 2 is 1.91 bits per heavy atom. The maximum Gasteiger partial charge on any atom is 0.166 e. The van der Waals surface area contributed by atoms with Crippen molar-refractivity contribution in [1.82, 2.24) is 19.7 Å². The Hall–Kier alpha value is -2.02. The van der Waals surface area contributed by atoms with Crippen LogP contribution in [0.2, 0.25) is 5.02 Å². The Morgan fingerprint density at radius 3 is 2.69 bits per heavy atom. The van der Waals surface area contributed by atoms with Crippen LogP contribution in [0.1, 0.15) is 78.2 Å². The van der Waals surface area contributed by atoms with E-state index in [-0.39, 0.29) is 5.54 Å². The van der Waals surface area contributed by atoms with Crippen LogP contribution in [0, 0.1) is 12.8 Å². The van der Waals surface area contributed by atoms with E-state index in [1.165, 1.54) is 59.7 Å². The van der Waals surface area contributed by atoms with Crippen molar-refractivity contribution < 1.29 is 0 Å². The van der Waals surface area contributed by atoms with Crippen LogP contribution in [0.5, 0.6) is 0 Å². The quantitative estimate of drug-likeness (QED) is 0.429. The maximum atomic E-state index is 6.79. The molecule has 4 aliphatic rings. The lowest BCUT2D eigenvalue weighted by Gasteiger charge is -2.33. The topological polar surface area (TPSA) is 46.3 Å². The molecule has 7 heteroatoms. The zero-order chi connectivity index (χ0) is 23.7. The lowest BCUT2D eigenvalue weighted by Crippen LogP contribution is -2.37. The molecule has 0 unspecified atom stereocenters. The number of hydrogen-bond donors (Lipinski definition) is 0. The van der Waals surface area contributed by atoms with Gasteiger partial charge >= 0.3 is 0 Å². The van der Waals surface area contributed by atoms with Crippen molar-refractivity contribution in [2.45, 2.75) is 76.3 Å². The zero-order valence-electron chi connectivity index (χ0n) is 20.6. The molecule has 5 nitrogen and oxygen atoms in total. The molecule has 3 aliphatic carbocycles. The molecule has 2 aromatic heterocycles. The van der Waals surface area contributed by atoms with Crippen LogP contribution < -0.4 is 0 Å². The van der Waals surface area contributed by atoms with Gasteiger partial charge in [0.1, 0.15) is 16.4 Å². The van der Waals surface area contributed by atoms with Gasteiger partial charge in [-0.05, 0) is 70.0 Å². The van der Waals surface area contributed by atoms with Crippen molar-refractivity contribution in [3.05, 3.63) is 62.5 Å². The van der Waals surface area contributed by atoms with E-state index in [2.05, 4.69) is 45.8 Å². The minimum atomic E-state index is -0.263. The molecular formula is C28H32ClN5S. The predicted molar refractivity (Wildman–Crippen MR) is 142 cm³/mol. The number of fused-ring (bicyclic) bond motifs is 6. The van der Waals surface area contributed by atoms with Gasteiger partial charge in [0.05, 0.1) is 5.71 Å². The van der Waals surface area contributed by atoms with Crippen molar-refractivity contribution in [3.63, 3.8) is 0 Å². The molecule has 7 rings (SSSR count). The van der Waals surface area contributed by atoms with Crippen molar-refractivity contribution >= 4 is 28.6 Å². The number of hydrogen-bond acceptors (Lipinski definition) is 5. The van der Waals surface area contributed by atoms with Gasteiger partial charge in [0.2, 0.25) is 0 Å². The van der Waals surface area contributed by atoms with E-state index >= 15 is 0 Å². The standard InChI is InChI=1S/C28H32ClN5S/c1-17-31-32-27-28(12-13-28)30-25(20-10-6-7-11-22(20)29)24-21-14-18(15-23(21)35-26(24)34(17)27)16-33(2)19-8-4-3-5-9-19/h6-7,10-11,18-19H,3-5,8-9,12-16H2,1-2H3/t18-/m0/s1. The summed E-state index contributed by atoms with van der Waals surface area (Å²) in [6.07, 6.45) is 11.2. The molecule has 1 atom stereocenters. The second kappa shape index (κ2) is 8.25. The van der Waals surface area contributed by atoms with E-state index in [4.69, 9.17) is 16.6 Å². The molecule has 2 saturated carbocycles. The van der Waals surface area contributed by atoms with Crippen LogP contribution in [0.25, 0.3) is 5.00 Å². The van der Waals surface area contributed by atoms with Gasteiger partial charge in [-0.1, -0.05) is 49.1 Å². The first-order valence-electron chi connectivity index (χ1n) is 13.2. The SMILES string of the molecule is Cc1nnc2n1-c1sc3c(c1C(c1ccccc1Cl)=NC21CC1)C[C@H](CN(C)C1CCCCC1)C3. The van der Waals surface area contributed by atoms with Crippen molar-refractivity contribution in [1.29, 1.82) is 0 Å². The molecule has 0 saturated heterocycles. The van der Waals surface area contributed by atoms with Crippen LogP contribution in [-0.2, 0) is 18.4 Å². The van der Waals surface area contributed by atoms with Crippen LogP contribution in [0.4, 0.5) is 0 Å². The number of rotatable bonds is 4. The summed E-state index contributed by atoms with van der Waals surface area (Å²) in [7, 11) is 2.35. The van der Waals surface area contributed by atoms with Gasteiger partial charge in [-0.2, -0.15) is 0 Å². The average Bonchev–Trinajstić information content (AvgIpc) is 3.23. The van der Waals surface area contributed by atoms with Gasteiger partial charge in [0.15, 0.2) is 5.82 Å². The number of aromatic nitrogens is 3. The molecule has 1 aromatic carbocycles. The second-order valence-electron chi connectivity index (χ2n) is 11.1. The third kappa shape index (κ3) is 3.55. The minimum Gasteiger partial charge on any atom is -0.303 e. The summed E-state index contributed by atoms with van der Waals surface area (Å²) < 4.78 is 2.31. The average molecular weight is 506 g/mol. The highest BCUT2D eigenvalue weighted by atomic mass is 35.5. The van der Waals surface area contributed by atoms with E-state index in [0.29, 0.717) is 5.92 Å². The second-order valence-corrected chi connectivity index (χ2v) is 12.6. The zero-order valence-corrected chi connectivity index (χ0v) is 22.1. The molecule has 0 N–H and O–H groups in total. The molecule has 1 spiro atoms. The summed E-state index contributed by atoms with van der Waals surface area (Å²) in [5.74, 6) is 2.63. The number of halogens is 1. The lowest BCUT2D eigenvalue weighted by molar-refractivity contribution is 0.168. The van der Waals surface area contributed by atoms with Crippen LogP contribution >= 0.6 is 22.9 Å². The first-order chi connectivity index (χ1) is 17.0. The summed E-state index contributed by atoms with van der Waals surface area (Å²) in [5, 5.41) is 11.2. The number of nitrogens with zero attached hydrogens (tertiary/aromatic N) is 5. The summed E-state index contributed by atoms with van der Waals surface area (Å²) in [5.41, 5.74) is 4.62. The van der Waals surface area contributed by atoms with Crippen LogP contribution in [0.15, 0.2) is 29.3 Å². The Morgan fingerprint density at radius 1 is 1.11 bits per heavy atom. The van der Waals surface area contributed by atoms with E-state index in [0.717, 1.165) is 59.7 Å². The van der Waals surface area contributed by atoms with E-state index in [1.54, 1.807) is 0 Å². The number of aryl methyl sites for hydroxylation is 1. The first kappa shape index (κ1) is 22.2. The molecule has 35 heavy (non-hydrogen) atoms. The molecule has 0 bridgehead atoms. The minimum absolute atomic E-state index is 0.263. The fourth-order valence-electron chi connectivity index (χ4n) is 6.64. The smallest absolute Gasteiger partial charge is 0.166 e. The summed E-state index contributed by atoms with van der Waals surface area (Å²) in [4.78, 5) is 9.63. The highest BCUT2D eigenvalue weighted by Gasteiger charge is 2.52. The van der Waals surface area contributed by atoms with Crippen molar-refractivity contribution in [2.75, 3.05) is 13.6 Å². The third-order valence-corrected chi connectivity index (χ3v) is 10.2. The van der Waals surface area contributed by atoms with Crippen LogP contribution in [0.3, 0.4) is 0 Å². The summed E-state index contributed by atoms with van der Waals surface area (Å²) >= 11 is 8.73. The molecule has 3 heterocycles. The Balaban J connectivity index is 1.31. The van der Waals surface area contributed by atoms with Crippen molar-refractivity contribution in [2.24, 2.45) is 10.9 Å². The number of thiophene rings is 1. The largest absolute Gasteiger partial charge is 0.303 e. The molecule has 0 radical (unpaired) electrons. The fraction of sp³-hybridized carbons (Fsp3) is 0.536. The monoisotopic (exact) mass is 505 g/mol. The molecule has 182 valence electrons. The summed E-state index contributed by atoms with van der Waals surface area (Å²) in [6, 6.07) is 8.97. The van der Waals surface area contributed by atoms with Crippen LogP contribution in [-0.4, -0.2) is 45.0 Å². The summed E-state index contributed by atoms with van der Waals surface area (Å²) in [6.45, 7) is 3.25. The molecule has 0 amide bonds. The molecule has 3 aromatic rings. The Bertz CT molecular complexity index is 1330. The lowest BCUT2D eigenvalue weighted by atomic mass is 9.93. The Kier molecular flexibility index (Phi) is 5.24. The number of benzene rings is 1. The van der Waals surface area contributed by atoms with Gasteiger partial charge in [-0.15, -0.1) is 21.5 Å². The first-order valence-corrected chi connectivity index (χ1v) is 14.4. The Labute approximate surface area is 216 Å². The molecule has 1 aliphatic heterocycles. The fourth-order valence-corrected chi connectivity index (χ4v) is 8.36. The highest BCUT2D eigenvalue weighted by Crippen LogP contribution is 2.54. The third-order valence-electron chi connectivity index (χ3n) is 8.64. The van der Waals surface area contributed by atoms with Gasteiger partial charge in [-0.3, -0.25) is 9.56 Å². The van der Waals surface area contributed by atoms with Gasteiger partial charge in [0.25, 0.3) is 0 Å². The van der Waals surface area contributed by atoms with E-state index < -0.39 is 0 Å². The molecule has 2 fully saturated rings. The van der Waals surface area contributed by atoms with Crippen molar-refractivity contribution in [3.8, 4) is 5.00 Å². The van der Waals surface area contributed by atoms with Gasteiger partial charge < -0.3 is 4.90 Å². The van der Waals surface area contributed by atoms with E-state index in [9.17, 15) is 0 Å². The maximum absolute atomic E-state index is 6.79. The normalized spacial score (nSPS) is 22.6. The number of aliphatic imine (C=N–C) groups is 1. The van der Waals surface area contributed by atoms with E-state index in [1.807, 2.05) is 23.5 Å². The highest BCUT2D eigenvalue weighted by molar-refractivity contribution is 7.15. The van der Waals surface area contributed by atoms with Gasteiger partial charge in [0, 0.05) is 33.6 Å².